The van der Waals surface area contributed by atoms with Crippen LogP contribution in [0, 0.1) is 0 Å². The molecule has 68 valence electrons. The normalized spacial score (nSPS) is 8.93. The van der Waals surface area contributed by atoms with E-state index >= 15 is 0 Å². The molecule has 0 N–H and O–H groups in total. The van der Waals surface area contributed by atoms with Crippen LogP contribution in [0.1, 0.15) is 20.8 Å². The number of nitrogens with zero attached hydrogens (tertiary/aromatic N) is 1. The molecule has 0 amide bonds. The summed E-state index contributed by atoms with van der Waals surface area (Å²) in [5.74, 6) is -3.40. The van der Waals surface area contributed by atoms with E-state index < -0.39 is 23.2 Å². The monoisotopic (exact) mass is 263 g/mol. The first-order valence-corrected chi connectivity index (χ1v) is 3.49. The summed E-state index contributed by atoms with van der Waals surface area (Å²) in [5, 5.41) is 20.5. The summed E-state index contributed by atoms with van der Waals surface area (Å²) in [5.41, 5.74) is -1.39. The van der Waals surface area contributed by atoms with Crippen LogP contribution in [0.15, 0.2) is 12.3 Å². The first-order chi connectivity index (χ1) is 6.04. The number of hydrogen-bond donors (Lipinski definition) is 0. The van der Waals surface area contributed by atoms with Gasteiger partial charge in [0, 0.05) is 11.8 Å². The third-order valence-electron chi connectivity index (χ3n) is 1.30. The molecule has 0 spiro atoms. The zero-order valence-electron chi connectivity index (χ0n) is 6.82. The van der Waals surface area contributed by atoms with Crippen LogP contribution in [0.5, 0.6) is 0 Å². The van der Waals surface area contributed by atoms with Crippen LogP contribution in [-0.2, 0) is 19.5 Å². The van der Waals surface area contributed by atoms with Gasteiger partial charge in [0.05, 0.1) is 22.7 Å². The molecule has 0 radical (unpaired) electrons. The van der Waals surface area contributed by atoms with Crippen molar-refractivity contribution >= 4 is 23.5 Å². The van der Waals surface area contributed by atoms with Crippen molar-refractivity contribution in [2.24, 2.45) is 0 Å². The number of aromatic carboxylic acids is 2. The first-order valence-electron chi connectivity index (χ1n) is 3.11. The number of pyridine rings is 1. The van der Waals surface area contributed by atoms with Crippen molar-refractivity contribution in [3.63, 3.8) is 0 Å². The van der Waals surface area contributed by atoms with Gasteiger partial charge < -0.3 is 19.8 Å². The Morgan fingerprint density at radius 3 is 2.21 bits per heavy atom. The van der Waals surface area contributed by atoms with Gasteiger partial charge in [-0.2, -0.15) is 0 Å². The van der Waals surface area contributed by atoms with Crippen LogP contribution in [0.2, 0.25) is 5.02 Å². The molecular weight excluding hydrogens is 263 g/mol. The number of rotatable bonds is 2. The van der Waals surface area contributed by atoms with E-state index in [1.54, 1.807) is 0 Å². The Morgan fingerprint density at radius 2 is 1.86 bits per heavy atom. The summed E-state index contributed by atoms with van der Waals surface area (Å²) in [6, 6.07) is 1.15. The quantitative estimate of drug-likeness (QED) is 0.604. The minimum absolute atomic E-state index is 0. The third-order valence-corrected chi connectivity index (χ3v) is 1.61. The Kier molecular flexibility index (Phi) is 4.67. The van der Waals surface area contributed by atoms with Crippen LogP contribution in [0.25, 0.3) is 0 Å². The van der Waals surface area contributed by atoms with Gasteiger partial charge >= 0.3 is 19.5 Å². The Labute approximate surface area is 96.5 Å². The van der Waals surface area contributed by atoms with Crippen LogP contribution in [0.3, 0.4) is 0 Å². The van der Waals surface area contributed by atoms with Gasteiger partial charge in [-0.25, -0.2) is 0 Å². The fourth-order valence-corrected chi connectivity index (χ4v) is 1.01. The summed E-state index contributed by atoms with van der Waals surface area (Å²) in [6.45, 7) is 0. The predicted octanol–water partition coefficient (Wildman–Crippen LogP) is -1.54. The Balaban J connectivity index is 0.00000169. The first kappa shape index (κ1) is 13.0. The van der Waals surface area contributed by atoms with Crippen molar-refractivity contribution < 1.29 is 39.3 Å². The molecule has 5 nitrogen and oxygen atoms in total. The van der Waals surface area contributed by atoms with Gasteiger partial charge in [-0.05, 0) is 6.07 Å². The number of hydrogen-bond acceptors (Lipinski definition) is 5. The molecule has 1 rings (SSSR count). The fourth-order valence-electron chi connectivity index (χ4n) is 0.787. The van der Waals surface area contributed by atoms with Crippen LogP contribution in [-0.4, -0.2) is 16.9 Å². The van der Waals surface area contributed by atoms with E-state index in [1.807, 2.05) is 0 Å². The van der Waals surface area contributed by atoms with E-state index in [0.717, 1.165) is 12.3 Å². The molecular formula is C7H2ClNO4Zn. The molecule has 1 heterocycles. The molecule has 1 aromatic heterocycles. The van der Waals surface area contributed by atoms with E-state index in [0.29, 0.717) is 0 Å². The van der Waals surface area contributed by atoms with Gasteiger partial charge in [-0.1, -0.05) is 11.6 Å². The summed E-state index contributed by atoms with van der Waals surface area (Å²) < 4.78 is 0. The second-order valence-electron chi connectivity index (χ2n) is 2.09. The number of aromatic nitrogens is 1. The summed E-state index contributed by atoms with van der Waals surface area (Å²) in [6.07, 6.45) is 1.07. The van der Waals surface area contributed by atoms with Gasteiger partial charge in [0.2, 0.25) is 0 Å². The van der Waals surface area contributed by atoms with Crippen molar-refractivity contribution in [3.8, 4) is 0 Å². The Morgan fingerprint density at radius 1 is 1.29 bits per heavy atom. The largest absolute Gasteiger partial charge is 2.00 e. The maximum atomic E-state index is 10.4. The molecule has 0 saturated carbocycles. The topological polar surface area (TPSA) is 93.2 Å². The SMILES string of the molecule is O=C([O-])c1nccc(Cl)c1C(=O)[O-].[Zn+2]. The molecule has 0 fully saturated rings. The molecule has 0 unspecified atom stereocenters. The van der Waals surface area contributed by atoms with Crippen LogP contribution in [0.4, 0.5) is 0 Å². The molecule has 0 atom stereocenters. The van der Waals surface area contributed by atoms with Gasteiger partial charge in [-0.3, -0.25) is 4.98 Å². The van der Waals surface area contributed by atoms with Crippen molar-refractivity contribution in [1.82, 2.24) is 4.98 Å². The Hall–Kier alpha value is -0.997. The molecule has 0 aromatic carbocycles. The minimum atomic E-state index is -1.71. The molecule has 14 heavy (non-hydrogen) atoms. The molecule has 0 aliphatic rings. The zero-order valence-corrected chi connectivity index (χ0v) is 10.5. The number of carbonyl (C=O) groups excluding carboxylic acids is 2. The van der Waals surface area contributed by atoms with Gasteiger partial charge in [-0.15, -0.1) is 0 Å². The summed E-state index contributed by atoms with van der Waals surface area (Å²) in [4.78, 5) is 24.1. The van der Waals surface area contributed by atoms with Crippen molar-refractivity contribution in [1.29, 1.82) is 0 Å². The maximum absolute atomic E-state index is 10.4. The molecule has 1 aromatic rings. The maximum Gasteiger partial charge on any atom is 2.00 e. The van der Waals surface area contributed by atoms with E-state index in [1.165, 1.54) is 0 Å². The molecule has 0 saturated heterocycles. The van der Waals surface area contributed by atoms with E-state index in [-0.39, 0.29) is 24.5 Å². The van der Waals surface area contributed by atoms with Gasteiger partial charge in [0.1, 0.15) is 0 Å². The second kappa shape index (κ2) is 5.03. The molecule has 0 aliphatic heterocycles. The molecule has 0 aliphatic carbocycles. The van der Waals surface area contributed by atoms with Crippen molar-refractivity contribution in [2.75, 3.05) is 0 Å². The standard InChI is InChI=1S/C7H4ClNO4.Zn/c8-3-1-2-9-5(7(12)13)4(3)6(10)11;/h1-2H,(H,10,11)(H,12,13);/q;+2/p-2. The average molecular weight is 265 g/mol. The number of halogens is 1. The zero-order chi connectivity index (χ0) is 10.0. The number of carboxylic acids is 2. The second-order valence-corrected chi connectivity index (χ2v) is 2.50. The minimum Gasteiger partial charge on any atom is -0.545 e. The average Bonchev–Trinajstić information content (AvgIpc) is 2.02. The van der Waals surface area contributed by atoms with Crippen LogP contribution >= 0.6 is 11.6 Å². The van der Waals surface area contributed by atoms with E-state index in [9.17, 15) is 19.8 Å². The van der Waals surface area contributed by atoms with Crippen molar-refractivity contribution in [3.05, 3.63) is 28.5 Å². The molecule has 0 bridgehead atoms. The van der Waals surface area contributed by atoms with Crippen molar-refractivity contribution in [2.45, 2.75) is 0 Å². The Bertz CT molecular complexity index is 382. The predicted molar refractivity (Wildman–Crippen MR) is 37.9 cm³/mol. The van der Waals surface area contributed by atoms with Crippen LogP contribution < -0.4 is 10.2 Å². The number of carboxylic acid groups (broad SMARTS) is 2. The molecule has 7 heteroatoms. The van der Waals surface area contributed by atoms with E-state index in [4.69, 9.17) is 11.6 Å². The van der Waals surface area contributed by atoms with Gasteiger partial charge in [0.25, 0.3) is 0 Å². The summed E-state index contributed by atoms with van der Waals surface area (Å²) >= 11 is 5.42. The van der Waals surface area contributed by atoms with E-state index in [2.05, 4.69) is 4.98 Å². The number of carbonyl (C=O) groups is 2. The summed E-state index contributed by atoms with van der Waals surface area (Å²) in [7, 11) is 0. The third kappa shape index (κ3) is 2.50. The van der Waals surface area contributed by atoms with Gasteiger partial charge in [0.15, 0.2) is 0 Å². The smallest absolute Gasteiger partial charge is 0.545 e. The fraction of sp³-hybridized carbons (Fsp3) is 0.